The standard InChI is InChI=1S/C13H10BrNO4/c1-18-8-2-3-11(9(6-8)13(16)17)19-12-4-5-15-7-10(12)14/h2-7H,1H3,(H,16,17). The molecule has 0 aliphatic rings. The third-order valence-corrected chi connectivity index (χ3v) is 2.97. The number of rotatable bonds is 4. The molecule has 0 aliphatic heterocycles. The molecule has 0 spiro atoms. The highest BCUT2D eigenvalue weighted by Crippen LogP contribution is 2.32. The molecule has 2 aromatic rings. The maximum absolute atomic E-state index is 11.2. The van der Waals surface area contributed by atoms with Crippen molar-refractivity contribution in [3.8, 4) is 17.2 Å². The highest BCUT2D eigenvalue weighted by molar-refractivity contribution is 9.10. The lowest BCUT2D eigenvalue weighted by atomic mass is 10.2. The summed E-state index contributed by atoms with van der Waals surface area (Å²) in [6.45, 7) is 0. The summed E-state index contributed by atoms with van der Waals surface area (Å²) < 4.78 is 11.2. The number of halogens is 1. The predicted octanol–water partition coefficient (Wildman–Crippen LogP) is 3.34. The Morgan fingerprint density at radius 3 is 2.74 bits per heavy atom. The lowest BCUT2D eigenvalue weighted by molar-refractivity contribution is 0.0693. The van der Waals surface area contributed by atoms with E-state index >= 15 is 0 Å². The van der Waals surface area contributed by atoms with Gasteiger partial charge in [-0.3, -0.25) is 4.98 Å². The molecule has 0 saturated carbocycles. The number of carboxylic acids is 1. The largest absolute Gasteiger partial charge is 0.497 e. The summed E-state index contributed by atoms with van der Waals surface area (Å²) in [5.41, 5.74) is 0.0306. The van der Waals surface area contributed by atoms with Crippen molar-refractivity contribution in [3.63, 3.8) is 0 Å². The van der Waals surface area contributed by atoms with Crippen LogP contribution >= 0.6 is 15.9 Å². The second kappa shape index (κ2) is 5.71. The van der Waals surface area contributed by atoms with Crippen LogP contribution in [0.5, 0.6) is 17.2 Å². The van der Waals surface area contributed by atoms with Crippen molar-refractivity contribution in [2.45, 2.75) is 0 Å². The maximum Gasteiger partial charge on any atom is 0.339 e. The molecule has 19 heavy (non-hydrogen) atoms. The third kappa shape index (κ3) is 3.03. The van der Waals surface area contributed by atoms with Gasteiger partial charge in [-0.15, -0.1) is 0 Å². The number of hydrogen-bond acceptors (Lipinski definition) is 4. The zero-order valence-electron chi connectivity index (χ0n) is 9.96. The minimum Gasteiger partial charge on any atom is -0.497 e. The molecule has 1 N–H and O–H groups in total. The first-order valence-corrected chi connectivity index (χ1v) is 6.10. The second-order valence-electron chi connectivity index (χ2n) is 3.58. The van der Waals surface area contributed by atoms with Gasteiger partial charge in [-0.2, -0.15) is 0 Å². The summed E-state index contributed by atoms with van der Waals surface area (Å²) >= 11 is 3.28. The lowest BCUT2D eigenvalue weighted by Gasteiger charge is -2.11. The Balaban J connectivity index is 2.40. The van der Waals surface area contributed by atoms with Crippen LogP contribution in [-0.2, 0) is 0 Å². The van der Waals surface area contributed by atoms with Crippen LogP contribution in [-0.4, -0.2) is 23.2 Å². The van der Waals surface area contributed by atoms with Gasteiger partial charge in [0, 0.05) is 18.5 Å². The van der Waals surface area contributed by atoms with Gasteiger partial charge in [0.25, 0.3) is 0 Å². The van der Waals surface area contributed by atoms with E-state index in [0.29, 0.717) is 16.0 Å². The van der Waals surface area contributed by atoms with Gasteiger partial charge < -0.3 is 14.6 Å². The average molecular weight is 324 g/mol. The van der Waals surface area contributed by atoms with Crippen molar-refractivity contribution in [2.75, 3.05) is 7.11 Å². The topological polar surface area (TPSA) is 68.7 Å². The van der Waals surface area contributed by atoms with Crippen molar-refractivity contribution < 1.29 is 19.4 Å². The molecule has 1 heterocycles. The van der Waals surface area contributed by atoms with Crippen molar-refractivity contribution >= 4 is 21.9 Å². The van der Waals surface area contributed by atoms with Crippen molar-refractivity contribution in [3.05, 3.63) is 46.7 Å². The van der Waals surface area contributed by atoms with Crippen molar-refractivity contribution in [1.29, 1.82) is 0 Å². The number of ether oxygens (including phenoxy) is 2. The van der Waals surface area contributed by atoms with E-state index in [0.717, 1.165) is 0 Å². The monoisotopic (exact) mass is 323 g/mol. The first-order chi connectivity index (χ1) is 9.11. The quantitative estimate of drug-likeness (QED) is 0.934. The second-order valence-corrected chi connectivity index (χ2v) is 4.43. The number of pyridine rings is 1. The zero-order valence-corrected chi connectivity index (χ0v) is 11.5. The van der Waals surface area contributed by atoms with Crippen LogP contribution in [0.1, 0.15) is 10.4 Å². The van der Waals surface area contributed by atoms with E-state index in [9.17, 15) is 9.90 Å². The summed E-state index contributed by atoms with van der Waals surface area (Å²) in [4.78, 5) is 15.1. The summed E-state index contributed by atoms with van der Waals surface area (Å²) in [7, 11) is 1.47. The zero-order chi connectivity index (χ0) is 13.8. The predicted molar refractivity (Wildman–Crippen MR) is 72.0 cm³/mol. The van der Waals surface area contributed by atoms with E-state index in [2.05, 4.69) is 20.9 Å². The molecular formula is C13H10BrNO4. The molecule has 0 bridgehead atoms. The number of methoxy groups -OCH3 is 1. The Bertz CT molecular complexity index is 615. The van der Waals surface area contributed by atoms with Crippen LogP contribution in [0.2, 0.25) is 0 Å². The molecule has 2 rings (SSSR count). The molecule has 0 atom stereocenters. The average Bonchev–Trinajstić information content (AvgIpc) is 2.41. The van der Waals surface area contributed by atoms with E-state index in [1.165, 1.54) is 13.2 Å². The molecule has 0 unspecified atom stereocenters. The van der Waals surface area contributed by atoms with Gasteiger partial charge in [0.05, 0.1) is 11.6 Å². The third-order valence-electron chi connectivity index (χ3n) is 2.37. The van der Waals surface area contributed by atoms with Gasteiger partial charge in [-0.1, -0.05) is 0 Å². The van der Waals surface area contributed by atoms with Gasteiger partial charge in [0.1, 0.15) is 22.8 Å². The molecular weight excluding hydrogens is 314 g/mol. The Labute approximate surface area is 117 Å². The summed E-state index contributed by atoms with van der Waals surface area (Å²) in [6.07, 6.45) is 3.13. The first kappa shape index (κ1) is 13.4. The molecule has 5 nitrogen and oxygen atoms in total. The lowest BCUT2D eigenvalue weighted by Crippen LogP contribution is -2.01. The van der Waals surface area contributed by atoms with Gasteiger partial charge in [0.2, 0.25) is 0 Å². The van der Waals surface area contributed by atoms with E-state index in [-0.39, 0.29) is 11.3 Å². The number of nitrogens with zero attached hydrogens (tertiary/aromatic N) is 1. The molecule has 6 heteroatoms. The summed E-state index contributed by atoms with van der Waals surface area (Å²) in [5, 5.41) is 9.17. The van der Waals surface area contributed by atoms with Gasteiger partial charge >= 0.3 is 5.97 Å². The van der Waals surface area contributed by atoms with Crippen LogP contribution in [0.3, 0.4) is 0 Å². The van der Waals surface area contributed by atoms with E-state index in [4.69, 9.17) is 9.47 Å². The molecule has 0 amide bonds. The maximum atomic E-state index is 11.2. The van der Waals surface area contributed by atoms with Crippen LogP contribution < -0.4 is 9.47 Å². The van der Waals surface area contributed by atoms with Crippen LogP contribution in [0.4, 0.5) is 0 Å². The molecule has 0 radical (unpaired) electrons. The van der Waals surface area contributed by atoms with E-state index in [1.54, 1.807) is 30.6 Å². The van der Waals surface area contributed by atoms with E-state index in [1.807, 2.05) is 0 Å². The van der Waals surface area contributed by atoms with Gasteiger partial charge in [0.15, 0.2) is 0 Å². The number of benzene rings is 1. The summed E-state index contributed by atoms with van der Waals surface area (Å²) in [5.74, 6) is 0.0977. The molecule has 1 aromatic heterocycles. The minimum absolute atomic E-state index is 0.0306. The molecule has 0 saturated heterocycles. The smallest absolute Gasteiger partial charge is 0.339 e. The Hall–Kier alpha value is -2.08. The number of aromatic nitrogens is 1. The number of aromatic carboxylic acids is 1. The SMILES string of the molecule is COc1ccc(Oc2ccncc2Br)c(C(=O)O)c1. The van der Waals surface area contributed by atoms with Crippen LogP contribution in [0.25, 0.3) is 0 Å². The molecule has 98 valence electrons. The Kier molecular flexibility index (Phi) is 4.01. The number of hydrogen-bond donors (Lipinski definition) is 1. The molecule has 0 aliphatic carbocycles. The van der Waals surface area contributed by atoms with Crippen molar-refractivity contribution in [1.82, 2.24) is 4.98 Å². The fraction of sp³-hybridized carbons (Fsp3) is 0.0769. The highest BCUT2D eigenvalue weighted by Gasteiger charge is 2.14. The van der Waals surface area contributed by atoms with Crippen LogP contribution in [0, 0.1) is 0 Å². The van der Waals surface area contributed by atoms with Gasteiger partial charge in [-0.25, -0.2) is 4.79 Å². The van der Waals surface area contributed by atoms with Crippen LogP contribution in [0.15, 0.2) is 41.1 Å². The first-order valence-electron chi connectivity index (χ1n) is 5.30. The fourth-order valence-corrected chi connectivity index (χ4v) is 1.79. The minimum atomic E-state index is -1.08. The number of carbonyl (C=O) groups is 1. The molecule has 1 aromatic carbocycles. The summed E-state index contributed by atoms with van der Waals surface area (Å²) in [6, 6.07) is 6.23. The molecule has 0 fully saturated rings. The normalized spacial score (nSPS) is 10.0. The van der Waals surface area contributed by atoms with Crippen molar-refractivity contribution in [2.24, 2.45) is 0 Å². The Morgan fingerprint density at radius 1 is 1.32 bits per heavy atom. The Morgan fingerprint density at radius 2 is 2.11 bits per heavy atom. The number of carboxylic acid groups (broad SMARTS) is 1. The van der Waals surface area contributed by atoms with Gasteiger partial charge in [-0.05, 0) is 34.1 Å². The highest BCUT2D eigenvalue weighted by atomic mass is 79.9. The fourth-order valence-electron chi connectivity index (χ4n) is 1.46. The van der Waals surface area contributed by atoms with E-state index < -0.39 is 5.97 Å².